The molecular formula is C18H17NO2. The molecule has 0 saturated heterocycles. The molecule has 0 radical (unpaired) electrons. The lowest BCUT2D eigenvalue weighted by Gasteiger charge is -2.31. The molecule has 2 aromatic rings. The molecule has 0 aliphatic carbocycles. The van der Waals surface area contributed by atoms with Crippen molar-refractivity contribution in [2.45, 2.75) is 17.9 Å². The van der Waals surface area contributed by atoms with Crippen molar-refractivity contribution < 1.29 is 9.90 Å². The fraction of sp³-hybridized carbons (Fsp3) is 0.167. The summed E-state index contributed by atoms with van der Waals surface area (Å²) in [6, 6.07) is 17.0. The maximum atomic E-state index is 12.2. The van der Waals surface area contributed by atoms with Crippen LogP contribution < -0.4 is 5.32 Å². The van der Waals surface area contributed by atoms with Crippen molar-refractivity contribution in [1.82, 2.24) is 0 Å². The predicted octanol–water partition coefficient (Wildman–Crippen LogP) is 3.75. The highest BCUT2D eigenvalue weighted by Gasteiger charge is 2.52. The average molecular weight is 279 g/mol. The van der Waals surface area contributed by atoms with E-state index in [0.717, 1.165) is 16.8 Å². The van der Waals surface area contributed by atoms with Crippen LogP contribution >= 0.6 is 0 Å². The minimum absolute atomic E-state index is 0.299. The molecule has 3 heteroatoms. The van der Waals surface area contributed by atoms with Gasteiger partial charge in [-0.15, -0.1) is 6.58 Å². The molecule has 0 amide bonds. The first-order valence-corrected chi connectivity index (χ1v) is 6.95. The van der Waals surface area contributed by atoms with Crippen LogP contribution in [-0.4, -0.2) is 11.1 Å². The first kappa shape index (κ1) is 13.4. The average Bonchev–Trinajstić information content (AvgIpc) is 2.85. The first-order valence-electron chi connectivity index (χ1n) is 6.95. The van der Waals surface area contributed by atoms with Crippen molar-refractivity contribution >= 4 is 11.7 Å². The number of allylic oxidation sites excluding steroid dienone is 1. The highest BCUT2D eigenvalue weighted by molar-refractivity contribution is 5.89. The molecule has 21 heavy (non-hydrogen) atoms. The molecule has 3 rings (SSSR count). The second-order valence-corrected chi connectivity index (χ2v) is 5.30. The maximum Gasteiger partial charge on any atom is 0.317 e. The van der Waals surface area contributed by atoms with Crippen molar-refractivity contribution in [2.24, 2.45) is 0 Å². The lowest BCUT2D eigenvalue weighted by atomic mass is 9.72. The van der Waals surface area contributed by atoms with Crippen molar-refractivity contribution in [3.63, 3.8) is 0 Å². The minimum Gasteiger partial charge on any atom is -0.480 e. The maximum absolute atomic E-state index is 12.2. The Morgan fingerprint density at radius 3 is 2.52 bits per heavy atom. The summed E-state index contributed by atoms with van der Waals surface area (Å²) in [5.41, 5.74) is 1.67. The van der Waals surface area contributed by atoms with E-state index in [4.69, 9.17) is 0 Å². The van der Waals surface area contributed by atoms with E-state index in [1.165, 1.54) is 0 Å². The number of carboxylic acid groups (broad SMARTS) is 1. The van der Waals surface area contributed by atoms with Gasteiger partial charge in [0.2, 0.25) is 0 Å². The van der Waals surface area contributed by atoms with Gasteiger partial charge in [0.05, 0.1) is 6.04 Å². The number of rotatable bonds is 4. The van der Waals surface area contributed by atoms with E-state index in [9.17, 15) is 9.90 Å². The van der Waals surface area contributed by atoms with Crippen molar-refractivity contribution in [1.29, 1.82) is 0 Å². The number of aliphatic carboxylic acids is 1. The molecule has 3 nitrogen and oxygen atoms in total. The van der Waals surface area contributed by atoms with Gasteiger partial charge in [-0.2, -0.15) is 0 Å². The van der Waals surface area contributed by atoms with Crippen LogP contribution in [0.4, 0.5) is 5.69 Å². The molecule has 1 aliphatic rings. The number of carbonyl (C=O) groups is 1. The van der Waals surface area contributed by atoms with Crippen LogP contribution in [0, 0.1) is 0 Å². The van der Waals surface area contributed by atoms with Crippen LogP contribution in [0.5, 0.6) is 0 Å². The molecule has 106 valence electrons. The number of hydrogen-bond donors (Lipinski definition) is 2. The van der Waals surface area contributed by atoms with Crippen LogP contribution in [0.15, 0.2) is 67.3 Å². The molecule has 1 heterocycles. The monoisotopic (exact) mass is 279 g/mol. The third kappa shape index (κ3) is 1.93. The molecule has 2 aromatic carbocycles. The summed E-state index contributed by atoms with van der Waals surface area (Å²) in [6.07, 6.45) is 2.07. The van der Waals surface area contributed by atoms with Gasteiger partial charge in [-0.3, -0.25) is 4.79 Å². The molecule has 1 aliphatic heterocycles. The second kappa shape index (κ2) is 5.09. The number of carboxylic acids is 1. The van der Waals surface area contributed by atoms with Gasteiger partial charge in [0.1, 0.15) is 5.41 Å². The third-order valence-corrected chi connectivity index (χ3v) is 4.18. The molecule has 2 N–H and O–H groups in total. The van der Waals surface area contributed by atoms with Gasteiger partial charge in [-0.25, -0.2) is 0 Å². The summed E-state index contributed by atoms with van der Waals surface area (Å²) in [5.74, 6) is -0.825. The van der Waals surface area contributed by atoms with Gasteiger partial charge in [0.25, 0.3) is 0 Å². The molecule has 0 saturated carbocycles. The third-order valence-electron chi connectivity index (χ3n) is 4.18. The summed E-state index contributed by atoms with van der Waals surface area (Å²) < 4.78 is 0. The Kier molecular flexibility index (Phi) is 3.26. The Morgan fingerprint density at radius 2 is 1.86 bits per heavy atom. The highest BCUT2D eigenvalue weighted by atomic mass is 16.4. The topological polar surface area (TPSA) is 49.3 Å². The number of fused-ring (bicyclic) bond motifs is 1. The van der Waals surface area contributed by atoms with Gasteiger partial charge in [0.15, 0.2) is 0 Å². The number of anilines is 1. The number of para-hydroxylation sites is 1. The summed E-state index contributed by atoms with van der Waals surface area (Å²) in [6.45, 7) is 3.76. The van der Waals surface area contributed by atoms with E-state index in [0.29, 0.717) is 6.42 Å². The van der Waals surface area contributed by atoms with Gasteiger partial charge >= 0.3 is 5.97 Å². The highest BCUT2D eigenvalue weighted by Crippen LogP contribution is 2.51. The number of benzene rings is 2. The Morgan fingerprint density at radius 1 is 1.19 bits per heavy atom. The SMILES string of the molecule is C=CCC1(C(=O)O)c2ccccc2NC1c1ccccc1. The van der Waals surface area contributed by atoms with E-state index < -0.39 is 11.4 Å². The zero-order valence-corrected chi connectivity index (χ0v) is 11.6. The lowest BCUT2D eigenvalue weighted by Crippen LogP contribution is -2.40. The second-order valence-electron chi connectivity index (χ2n) is 5.30. The van der Waals surface area contributed by atoms with Gasteiger partial charge < -0.3 is 10.4 Å². The number of nitrogens with one attached hydrogen (secondary N) is 1. The molecule has 0 aromatic heterocycles. The van der Waals surface area contributed by atoms with Crippen LogP contribution in [0.3, 0.4) is 0 Å². The summed E-state index contributed by atoms with van der Waals surface area (Å²) in [5, 5.41) is 13.4. The fourth-order valence-corrected chi connectivity index (χ4v) is 3.23. The lowest BCUT2D eigenvalue weighted by molar-refractivity contribution is -0.144. The molecule has 0 fully saturated rings. The minimum atomic E-state index is -1.01. The molecule has 0 spiro atoms. The smallest absolute Gasteiger partial charge is 0.317 e. The molecular weight excluding hydrogens is 262 g/mol. The summed E-state index contributed by atoms with van der Waals surface area (Å²) in [4.78, 5) is 12.2. The predicted molar refractivity (Wildman–Crippen MR) is 83.4 cm³/mol. The van der Waals surface area contributed by atoms with Crippen LogP contribution in [0.1, 0.15) is 23.6 Å². The molecule has 0 bridgehead atoms. The first-order chi connectivity index (χ1) is 10.2. The van der Waals surface area contributed by atoms with E-state index >= 15 is 0 Å². The Hall–Kier alpha value is -2.55. The Labute approximate surface area is 123 Å². The number of hydrogen-bond acceptors (Lipinski definition) is 2. The van der Waals surface area contributed by atoms with E-state index in [1.54, 1.807) is 6.08 Å². The van der Waals surface area contributed by atoms with Crippen LogP contribution in [0.25, 0.3) is 0 Å². The van der Waals surface area contributed by atoms with Crippen molar-refractivity contribution in [3.05, 3.63) is 78.4 Å². The normalized spacial score (nSPS) is 23.1. The Balaban J connectivity index is 2.21. The summed E-state index contributed by atoms with van der Waals surface area (Å²) in [7, 11) is 0. The van der Waals surface area contributed by atoms with Crippen LogP contribution in [-0.2, 0) is 10.2 Å². The fourth-order valence-electron chi connectivity index (χ4n) is 3.23. The zero-order valence-electron chi connectivity index (χ0n) is 11.6. The van der Waals surface area contributed by atoms with E-state index in [2.05, 4.69) is 11.9 Å². The Bertz CT molecular complexity index is 681. The van der Waals surface area contributed by atoms with E-state index in [1.807, 2.05) is 54.6 Å². The van der Waals surface area contributed by atoms with Crippen LogP contribution in [0.2, 0.25) is 0 Å². The summed E-state index contributed by atoms with van der Waals surface area (Å²) >= 11 is 0. The zero-order chi connectivity index (χ0) is 14.9. The van der Waals surface area contributed by atoms with Gasteiger partial charge in [0, 0.05) is 5.69 Å². The standard InChI is InChI=1S/C18H17NO2/c1-2-12-18(17(20)21)14-10-6-7-11-15(14)19-16(18)13-8-4-3-5-9-13/h2-11,16,19H,1,12H2,(H,20,21). The van der Waals surface area contributed by atoms with Crippen molar-refractivity contribution in [2.75, 3.05) is 5.32 Å². The molecule has 2 atom stereocenters. The largest absolute Gasteiger partial charge is 0.480 e. The molecule has 2 unspecified atom stereocenters. The van der Waals surface area contributed by atoms with Crippen molar-refractivity contribution in [3.8, 4) is 0 Å². The quantitative estimate of drug-likeness (QED) is 0.838. The van der Waals surface area contributed by atoms with Gasteiger partial charge in [-0.1, -0.05) is 54.6 Å². The van der Waals surface area contributed by atoms with Gasteiger partial charge in [-0.05, 0) is 23.6 Å². The van der Waals surface area contributed by atoms with E-state index in [-0.39, 0.29) is 6.04 Å².